The van der Waals surface area contributed by atoms with E-state index in [2.05, 4.69) is 36.1 Å². The molecule has 0 radical (unpaired) electrons. The zero-order chi connectivity index (χ0) is 17.0. The second-order valence-corrected chi connectivity index (χ2v) is 7.09. The van der Waals surface area contributed by atoms with Crippen molar-refractivity contribution in [1.29, 1.82) is 0 Å². The molecule has 3 N–H and O–H groups in total. The minimum absolute atomic E-state index is 0.0213. The van der Waals surface area contributed by atoms with Gasteiger partial charge in [0.05, 0.1) is 16.4 Å². The van der Waals surface area contributed by atoms with Gasteiger partial charge in [0.15, 0.2) is 5.96 Å². The molecule has 0 saturated heterocycles. The molecule has 2 rings (SSSR count). The van der Waals surface area contributed by atoms with Crippen molar-refractivity contribution in [3.8, 4) is 0 Å². The highest BCUT2D eigenvalue weighted by Gasteiger charge is 2.17. The molecule has 7 heteroatoms. The van der Waals surface area contributed by atoms with Crippen LogP contribution in [0.2, 0.25) is 0 Å². The Bertz CT molecular complexity index is 704. The summed E-state index contributed by atoms with van der Waals surface area (Å²) in [7, 11) is 0. The molecule has 4 nitrogen and oxygen atoms in total. The van der Waals surface area contributed by atoms with Gasteiger partial charge in [0.2, 0.25) is 0 Å². The van der Waals surface area contributed by atoms with Gasteiger partial charge in [0, 0.05) is 29.8 Å². The molecule has 0 saturated carbocycles. The molecule has 0 fully saturated rings. The molecule has 0 aliphatic rings. The van der Waals surface area contributed by atoms with E-state index in [4.69, 9.17) is 5.73 Å². The van der Waals surface area contributed by atoms with Crippen LogP contribution in [-0.4, -0.2) is 17.5 Å². The Morgan fingerprint density at radius 2 is 2.09 bits per heavy atom. The van der Waals surface area contributed by atoms with Gasteiger partial charge in [0.1, 0.15) is 11.6 Å². The summed E-state index contributed by atoms with van der Waals surface area (Å²) in [5.74, 6) is -1.08. The topological polar surface area (TPSA) is 63.3 Å². The molecule has 1 aromatic carbocycles. The third kappa shape index (κ3) is 4.99. The van der Waals surface area contributed by atoms with E-state index in [0.29, 0.717) is 13.0 Å². The fourth-order valence-corrected chi connectivity index (χ4v) is 2.83. The molecule has 23 heavy (non-hydrogen) atoms. The maximum Gasteiger partial charge on any atom is 0.193 e. The van der Waals surface area contributed by atoms with Gasteiger partial charge in [-0.3, -0.25) is 4.99 Å². The van der Waals surface area contributed by atoms with Crippen LogP contribution in [-0.2, 0) is 11.8 Å². The number of rotatable bonds is 4. The van der Waals surface area contributed by atoms with Gasteiger partial charge < -0.3 is 11.1 Å². The Morgan fingerprint density at radius 1 is 1.35 bits per heavy atom. The highest BCUT2D eigenvalue weighted by Crippen LogP contribution is 2.24. The third-order valence-corrected chi connectivity index (χ3v) is 4.03. The van der Waals surface area contributed by atoms with E-state index in [1.807, 2.05) is 5.38 Å². The normalized spacial score (nSPS) is 12.5. The molecular formula is C16H20F2N4S. The number of nitrogens with two attached hydrogens (primary N) is 1. The molecule has 1 aromatic heterocycles. The van der Waals surface area contributed by atoms with E-state index >= 15 is 0 Å². The van der Waals surface area contributed by atoms with Crippen molar-refractivity contribution in [2.75, 3.05) is 11.9 Å². The molecule has 1 heterocycles. The summed E-state index contributed by atoms with van der Waals surface area (Å²) in [5, 5.41) is 5.58. The van der Waals surface area contributed by atoms with E-state index in [0.717, 1.165) is 28.9 Å². The lowest BCUT2D eigenvalue weighted by atomic mass is 9.93. The number of benzene rings is 1. The van der Waals surface area contributed by atoms with Crippen molar-refractivity contribution in [1.82, 2.24) is 4.98 Å². The Hall–Kier alpha value is -2.02. The first kappa shape index (κ1) is 17.3. The molecule has 0 spiro atoms. The molecule has 0 bridgehead atoms. The van der Waals surface area contributed by atoms with E-state index in [1.165, 1.54) is 0 Å². The predicted molar refractivity (Wildman–Crippen MR) is 91.0 cm³/mol. The second kappa shape index (κ2) is 7.04. The van der Waals surface area contributed by atoms with Crippen molar-refractivity contribution in [2.24, 2.45) is 10.7 Å². The molecular weight excluding hydrogens is 318 g/mol. The molecule has 0 aliphatic carbocycles. The van der Waals surface area contributed by atoms with E-state index < -0.39 is 11.6 Å². The number of nitrogens with zero attached hydrogens (tertiary/aromatic N) is 2. The van der Waals surface area contributed by atoms with Crippen LogP contribution in [0.3, 0.4) is 0 Å². The predicted octanol–water partition coefficient (Wildman–Crippen LogP) is 3.69. The fourth-order valence-electron chi connectivity index (χ4n) is 1.81. The quantitative estimate of drug-likeness (QED) is 0.660. The largest absolute Gasteiger partial charge is 0.370 e. The molecule has 2 aromatic rings. The maximum atomic E-state index is 13.5. The molecule has 124 valence electrons. The van der Waals surface area contributed by atoms with Gasteiger partial charge in [-0.2, -0.15) is 0 Å². The van der Waals surface area contributed by atoms with Crippen molar-refractivity contribution < 1.29 is 8.78 Å². The lowest BCUT2D eigenvalue weighted by molar-refractivity contribution is 0.571. The van der Waals surface area contributed by atoms with Gasteiger partial charge in [-0.1, -0.05) is 20.8 Å². The Balaban J connectivity index is 1.92. The standard InChI is InChI=1S/C16H20F2N4S/c1-16(2,3)13-9-23-14(22-13)6-7-20-15(19)21-12-8-10(17)4-5-11(12)18/h4-5,8-9H,6-7H2,1-3H3,(H3,19,20,21). The number of aliphatic imine (C=N–C) groups is 1. The number of nitrogens with one attached hydrogen (secondary N) is 1. The highest BCUT2D eigenvalue weighted by atomic mass is 32.1. The van der Waals surface area contributed by atoms with Crippen molar-refractivity contribution >= 4 is 23.0 Å². The van der Waals surface area contributed by atoms with Crippen LogP contribution in [0.15, 0.2) is 28.6 Å². The van der Waals surface area contributed by atoms with E-state index in [-0.39, 0.29) is 17.1 Å². The monoisotopic (exact) mass is 338 g/mol. The Labute approximate surface area is 138 Å². The first-order valence-corrected chi connectivity index (χ1v) is 8.10. The number of thiazole rings is 1. The van der Waals surface area contributed by atoms with Crippen LogP contribution in [0, 0.1) is 11.6 Å². The summed E-state index contributed by atoms with van der Waals surface area (Å²) in [6, 6.07) is 3.12. The van der Waals surface area contributed by atoms with Gasteiger partial charge in [0.25, 0.3) is 0 Å². The van der Waals surface area contributed by atoms with Crippen molar-refractivity contribution in [2.45, 2.75) is 32.6 Å². The van der Waals surface area contributed by atoms with Crippen LogP contribution in [0.4, 0.5) is 14.5 Å². The summed E-state index contributed by atoms with van der Waals surface area (Å²) in [4.78, 5) is 8.68. The fraction of sp³-hybridized carbons (Fsp3) is 0.375. The first-order chi connectivity index (χ1) is 10.8. The van der Waals surface area contributed by atoms with Crippen LogP contribution < -0.4 is 11.1 Å². The van der Waals surface area contributed by atoms with E-state index in [1.54, 1.807) is 11.3 Å². The van der Waals surface area contributed by atoms with Crippen LogP contribution in [0.25, 0.3) is 0 Å². The average Bonchev–Trinajstić information content (AvgIpc) is 2.92. The molecule has 0 unspecified atom stereocenters. The number of halogens is 2. The van der Waals surface area contributed by atoms with Crippen molar-refractivity contribution in [3.05, 3.63) is 45.9 Å². The van der Waals surface area contributed by atoms with Gasteiger partial charge in [-0.15, -0.1) is 11.3 Å². The number of hydrogen-bond donors (Lipinski definition) is 2. The van der Waals surface area contributed by atoms with Crippen LogP contribution in [0.5, 0.6) is 0 Å². The highest BCUT2D eigenvalue weighted by molar-refractivity contribution is 7.09. The number of anilines is 1. The van der Waals surface area contributed by atoms with Crippen molar-refractivity contribution in [3.63, 3.8) is 0 Å². The summed E-state index contributed by atoms with van der Waals surface area (Å²) < 4.78 is 26.6. The second-order valence-electron chi connectivity index (χ2n) is 6.14. The Morgan fingerprint density at radius 3 is 2.74 bits per heavy atom. The van der Waals surface area contributed by atoms with Gasteiger partial charge in [-0.25, -0.2) is 13.8 Å². The average molecular weight is 338 g/mol. The minimum atomic E-state index is -0.584. The lowest BCUT2D eigenvalue weighted by Crippen LogP contribution is -2.23. The lowest BCUT2D eigenvalue weighted by Gasteiger charge is -2.14. The molecule has 0 atom stereocenters. The van der Waals surface area contributed by atoms with E-state index in [9.17, 15) is 8.78 Å². The smallest absolute Gasteiger partial charge is 0.193 e. The number of hydrogen-bond acceptors (Lipinski definition) is 3. The minimum Gasteiger partial charge on any atom is -0.370 e. The summed E-state index contributed by atoms with van der Waals surface area (Å²) >= 11 is 1.59. The van der Waals surface area contributed by atoms with Gasteiger partial charge >= 0.3 is 0 Å². The zero-order valence-electron chi connectivity index (χ0n) is 13.4. The zero-order valence-corrected chi connectivity index (χ0v) is 14.2. The molecule has 0 amide bonds. The number of aromatic nitrogens is 1. The SMILES string of the molecule is CC(C)(C)c1csc(CCN=C(N)Nc2cc(F)ccc2F)n1. The third-order valence-electron chi connectivity index (χ3n) is 3.12. The summed E-state index contributed by atoms with van der Waals surface area (Å²) in [6.07, 6.45) is 0.648. The summed E-state index contributed by atoms with van der Waals surface area (Å²) in [5.41, 5.74) is 6.74. The summed E-state index contributed by atoms with van der Waals surface area (Å²) in [6.45, 7) is 6.76. The van der Waals surface area contributed by atoms with Gasteiger partial charge in [-0.05, 0) is 12.1 Å². The Kier molecular flexibility index (Phi) is 5.30. The first-order valence-electron chi connectivity index (χ1n) is 7.22. The van der Waals surface area contributed by atoms with Crippen LogP contribution in [0.1, 0.15) is 31.5 Å². The maximum absolute atomic E-state index is 13.5. The van der Waals surface area contributed by atoms with Crippen LogP contribution >= 0.6 is 11.3 Å². The number of guanidine groups is 1. The molecule has 0 aliphatic heterocycles.